The van der Waals surface area contributed by atoms with Crippen LogP contribution in [0.15, 0.2) is 95.0 Å². The zero-order valence-electron chi connectivity index (χ0n) is 18.2. The van der Waals surface area contributed by atoms with Gasteiger partial charge >= 0.3 is 0 Å². The van der Waals surface area contributed by atoms with Crippen LogP contribution >= 0.6 is 11.8 Å². The molecule has 0 bridgehead atoms. The average molecular weight is 454 g/mol. The van der Waals surface area contributed by atoms with Crippen LogP contribution in [0.3, 0.4) is 0 Å². The van der Waals surface area contributed by atoms with Gasteiger partial charge in [0, 0.05) is 29.2 Å². The highest BCUT2D eigenvalue weighted by molar-refractivity contribution is 8.00. The number of Topliss-reactive ketones (excluding diaryl/α,β-unsaturated/α-hetero) is 1. The molecule has 0 fully saturated rings. The first-order valence-corrected chi connectivity index (χ1v) is 11.9. The summed E-state index contributed by atoms with van der Waals surface area (Å²) in [4.78, 5) is 35.2. The minimum atomic E-state index is -0.540. The minimum absolute atomic E-state index is 0.0193. The van der Waals surface area contributed by atoms with E-state index in [4.69, 9.17) is 4.98 Å². The van der Waals surface area contributed by atoms with Crippen molar-refractivity contribution >= 4 is 39.4 Å². The molecule has 0 spiro atoms. The van der Waals surface area contributed by atoms with Gasteiger partial charge in [0.25, 0.3) is 5.56 Å². The molecule has 0 aliphatic carbocycles. The molecule has 5 nitrogen and oxygen atoms in total. The van der Waals surface area contributed by atoms with Gasteiger partial charge in [-0.25, -0.2) is 4.98 Å². The first-order valence-electron chi connectivity index (χ1n) is 11.0. The molecule has 0 saturated heterocycles. The Balaban J connectivity index is 1.65. The number of H-pyrrole nitrogens is 1. The van der Waals surface area contributed by atoms with Crippen LogP contribution in [0.25, 0.3) is 21.8 Å². The Labute approximate surface area is 195 Å². The van der Waals surface area contributed by atoms with Crippen molar-refractivity contribution in [1.82, 2.24) is 14.5 Å². The second kappa shape index (κ2) is 9.08. The molecule has 2 heterocycles. The Morgan fingerprint density at radius 2 is 1.67 bits per heavy atom. The predicted molar refractivity (Wildman–Crippen MR) is 134 cm³/mol. The van der Waals surface area contributed by atoms with E-state index in [1.807, 2.05) is 79.7 Å². The number of ketones is 1. The molecule has 2 aromatic heterocycles. The summed E-state index contributed by atoms with van der Waals surface area (Å²) in [7, 11) is 0. The van der Waals surface area contributed by atoms with E-state index in [1.54, 1.807) is 16.8 Å². The number of benzene rings is 3. The quantitative estimate of drug-likeness (QED) is 0.186. The predicted octanol–water partition coefficient (Wildman–Crippen LogP) is 6.00. The first-order chi connectivity index (χ1) is 16.2. The van der Waals surface area contributed by atoms with Gasteiger partial charge in [-0.05, 0) is 30.2 Å². The van der Waals surface area contributed by atoms with Crippen LogP contribution in [0, 0.1) is 0 Å². The maximum Gasteiger partial charge on any atom is 0.262 e. The summed E-state index contributed by atoms with van der Waals surface area (Å²) >= 11 is 1.34. The van der Waals surface area contributed by atoms with E-state index < -0.39 is 5.25 Å². The van der Waals surface area contributed by atoms with Crippen LogP contribution in [0.1, 0.15) is 34.5 Å². The highest BCUT2D eigenvalue weighted by Gasteiger charge is 2.27. The Morgan fingerprint density at radius 3 is 2.45 bits per heavy atom. The third-order valence-corrected chi connectivity index (χ3v) is 6.94. The van der Waals surface area contributed by atoms with Gasteiger partial charge in [0.1, 0.15) is 5.25 Å². The van der Waals surface area contributed by atoms with E-state index in [-0.39, 0.29) is 11.3 Å². The fraction of sp³-hybridized carbons (Fsp3) is 0.148. The van der Waals surface area contributed by atoms with E-state index >= 15 is 0 Å². The second-order valence-electron chi connectivity index (χ2n) is 7.89. The third kappa shape index (κ3) is 3.98. The average Bonchev–Trinajstić information content (AvgIpc) is 3.29. The first kappa shape index (κ1) is 21.2. The highest BCUT2D eigenvalue weighted by Crippen LogP contribution is 2.38. The van der Waals surface area contributed by atoms with Crippen LogP contribution in [0.2, 0.25) is 0 Å². The van der Waals surface area contributed by atoms with Crippen LogP contribution < -0.4 is 5.56 Å². The number of para-hydroxylation sites is 2. The largest absolute Gasteiger partial charge is 0.360 e. The van der Waals surface area contributed by atoms with Crippen LogP contribution in [-0.2, 0) is 6.54 Å². The van der Waals surface area contributed by atoms with Crippen molar-refractivity contribution in [2.75, 3.05) is 0 Å². The van der Waals surface area contributed by atoms with E-state index in [1.165, 1.54) is 11.8 Å². The molecule has 33 heavy (non-hydrogen) atoms. The van der Waals surface area contributed by atoms with Crippen molar-refractivity contribution in [3.63, 3.8) is 0 Å². The lowest BCUT2D eigenvalue weighted by molar-refractivity contribution is 0.0991. The molecule has 164 valence electrons. The van der Waals surface area contributed by atoms with Crippen LogP contribution in [-0.4, -0.2) is 20.3 Å². The number of carbonyl (C=O) groups is 1. The zero-order valence-corrected chi connectivity index (χ0v) is 19.0. The molecule has 5 rings (SSSR count). The van der Waals surface area contributed by atoms with Crippen LogP contribution in [0.5, 0.6) is 0 Å². The number of nitrogens with one attached hydrogen (secondary N) is 1. The minimum Gasteiger partial charge on any atom is -0.360 e. The molecule has 5 aromatic rings. The molecule has 0 amide bonds. The summed E-state index contributed by atoms with van der Waals surface area (Å²) in [6.07, 6.45) is 2.57. The molecule has 0 unspecified atom stereocenters. The molecule has 0 radical (unpaired) electrons. The van der Waals surface area contributed by atoms with Gasteiger partial charge in [0.05, 0.1) is 10.9 Å². The van der Waals surface area contributed by atoms with Crippen molar-refractivity contribution < 1.29 is 4.79 Å². The second-order valence-corrected chi connectivity index (χ2v) is 8.96. The van der Waals surface area contributed by atoms with E-state index in [2.05, 4.69) is 4.98 Å². The number of hydrogen-bond donors (Lipinski definition) is 1. The number of rotatable bonds is 7. The van der Waals surface area contributed by atoms with Gasteiger partial charge in [-0.1, -0.05) is 79.3 Å². The third-order valence-electron chi connectivity index (χ3n) is 5.69. The number of aromatic amines is 1. The van der Waals surface area contributed by atoms with E-state index in [9.17, 15) is 9.59 Å². The summed E-state index contributed by atoms with van der Waals surface area (Å²) in [5.74, 6) is -0.0193. The molecule has 1 atom stereocenters. The fourth-order valence-corrected chi connectivity index (χ4v) is 5.27. The van der Waals surface area contributed by atoms with Gasteiger partial charge in [-0.3, -0.25) is 14.2 Å². The van der Waals surface area contributed by atoms with Gasteiger partial charge in [0.15, 0.2) is 10.9 Å². The van der Waals surface area contributed by atoms with Crippen LogP contribution in [0.4, 0.5) is 0 Å². The SMILES string of the molecule is CCCn1c(S[C@@H](C(=O)c2c[nH]c3ccccc23)c2ccccc2)nc2ccccc2c1=O. The maximum absolute atomic E-state index is 13.9. The Kier molecular flexibility index (Phi) is 5.84. The van der Waals surface area contributed by atoms with Gasteiger partial charge in [0.2, 0.25) is 0 Å². The van der Waals surface area contributed by atoms with Gasteiger partial charge in [-0.2, -0.15) is 0 Å². The topological polar surface area (TPSA) is 67.8 Å². The zero-order chi connectivity index (χ0) is 22.8. The lowest BCUT2D eigenvalue weighted by Gasteiger charge is -2.18. The van der Waals surface area contributed by atoms with Crippen molar-refractivity contribution in [3.05, 3.63) is 107 Å². The lowest BCUT2D eigenvalue weighted by atomic mass is 10.0. The maximum atomic E-state index is 13.9. The monoisotopic (exact) mass is 453 g/mol. The number of nitrogens with zero attached hydrogens (tertiary/aromatic N) is 2. The van der Waals surface area contributed by atoms with Crippen molar-refractivity contribution in [2.45, 2.75) is 30.3 Å². The van der Waals surface area contributed by atoms with Crippen molar-refractivity contribution in [3.8, 4) is 0 Å². The molecule has 3 aromatic carbocycles. The van der Waals surface area contributed by atoms with Crippen molar-refractivity contribution in [2.24, 2.45) is 0 Å². The van der Waals surface area contributed by atoms with E-state index in [0.717, 1.165) is 22.9 Å². The normalized spacial score (nSPS) is 12.3. The Hall–Kier alpha value is -3.64. The number of hydrogen-bond acceptors (Lipinski definition) is 4. The fourth-order valence-electron chi connectivity index (χ4n) is 4.08. The summed E-state index contributed by atoms with van der Waals surface area (Å²) in [5.41, 5.74) is 3.00. The molecule has 0 saturated carbocycles. The summed E-state index contributed by atoms with van der Waals surface area (Å²) in [5, 5.41) is 1.50. The molecule has 6 heteroatoms. The van der Waals surface area contributed by atoms with Gasteiger partial charge in [-0.15, -0.1) is 0 Å². The molecule has 0 aliphatic rings. The molecular formula is C27H23N3O2S. The molecule has 0 aliphatic heterocycles. The summed E-state index contributed by atoms with van der Waals surface area (Å²) < 4.78 is 1.70. The Bertz CT molecular complexity index is 1500. The van der Waals surface area contributed by atoms with E-state index in [0.29, 0.717) is 28.2 Å². The highest BCUT2D eigenvalue weighted by atomic mass is 32.2. The lowest BCUT2D eigenvalue weighted by Crippen LogP contribution is -2.24. The van der Waals surface area contributed by atoms with Crippen molar-refractivity contribution in [1.29, 1.82) is 0 Å². The number of fused-ring (bicyclic) bond motifs is 2. The van der Waals surface area contributed by atoms with Gasteiger partial charge < -0.3 is 4.98 Å². The summed E-state index contributed by atoms with van der Waals surface area (Å²) in [6, 6.07) is 24.9. The Morgan fingerprint density at radius 1 is 0.970 bits per heavy atom. The summed E-state index contributed by atoms with van der Waals surface area (Å²) in [6.45, 7) is 2.57. The number of carbonyl (C=O) groups excluding carboxylic acids is 1. The molecule has 1 N–H and O–H groups in total. The number of aromatic nitrogens is 3. The molecular weight excluding hydrogens is 430 g/mol. The standard InChI is InChI=1S/C27H23N3O2S/c1-2-16-30-26(32)20-13-7-9-15-23(20)29-27(30)33-25(18-10-4-3-5-11-18)24(31)21-17-28-22-14-8-6-12-19(21)22/h3-15,17,25,28H,2,16H2,1H3/t25-/m1/s1. The smallest absolute Gasteiger partial charge is 0.262 e. The number of thioether (sulfide) groups is 1.